The van der Waals surface area contributed by atoms with E-state index in [4.69, 9.17) is 0 Å². The highest BCUT2D eigenvalue weighted by atomic mass is 14.2. The molecule has 0 saturated carbocycles. The summed E-state index contributed by atoms with van der Waals surface area (Å²) < 4.78 is 0. The monoisotopic (exact) mass is 326 g/mol. The average Bonchev–Trinajstić information content (AvgIpc) is 2.65. The lowest BCUT2D eigenvalue weighted by atomic mass is 9.88. The maximum absolute atomic E-state index is 2.33. The fourth-order valence-corrected chi connectivity index (χ4v) is 3.30. The van der Waals surface area contributed by atoms with Crippen LogP contribution in [0.5, 0.6) is 0 Å². The van der Waals surface area contributed by atoms with Gasteiger partial charge in [-0.2, -0.15) is 0 Å². The molecule has 0 aromatic heterocycles. The molecule has 0 radical (unpaired) electrons. The van der Waals surface area contributed by atoms with Crippen LogP contribution in [0.25, 0.3) is 6.08 Å². The lowest BCUT2D eigenvalue weighted by Gasteiger charge is -2.17. The lowest BCUT2D eigenvalue weighted by Crippen LogP contribution is -2.08. The molecule has 0 aliphatic rings. The maximum atomic E-state index is 2.33. The normalized spacial score (nSPS) is 12.4. The molecule has 0 spiro atoms. The second-order valence-electron chi connectivity index (χ2n) is 6.74. The summed E-state index contributed by atoms with van der Waals surface area (Å²) in [5, 5.41) is 0. The Morgan fingerprint density at radius 3 is 2.08 bits per heavy atom. The highest BCUT2D eigenvalue weighted by Crippen LogP contribution is 2.21. The van der Waals surface area contributed by atoms with Gasteiger partial charge in [0.25, 0.3) is 0 Å². The molecule has 0 aliphatic heterocycles. The third-order valence-corrected chi connectivity index (χ3v) is 4.72. The molecular weight excluding hydrogens is 300 g/mol. The number of rotatable bonds is 7. The predicted octanol–water partition coefficient (Wildman–Crippen LogP) is 6.50. The van der Waals surface area contributed by atoms with E-state index < -0.39 is 0 Å². The Bertz CT molecular complexity index is 785. The van der Waals surface area contributed by atoms with E-state index >= 15 is 0 Å². The first-order valence-corrected chi connectivity index (χ1v) is 9.11. The van der Waals surface area contributed by atoms with Gasteiger partial charge in [0.2, 0.25) is 0 Å². The van der Waals surface area contributed by atoms with Gasteiger partial charge in [-0.1, -0.05) is 97.1 Å². The number of allylic oxidation sites excluding steroid dienone is 1. The van der Waals surface area contributed by atoms with E-state index in [1.807, 2.05) is 0 Å². The third kappa shape index (κ3) is 5.46. The molecule has 3 aromatic rings. The summed E-state index contributed by atoms with van der Waals surface area (Å²) in [6.45, 7) is 2.22. The van der Waals surface area contributed by atoms with Gasteiger partial charge in [0, 0.05) is 0 Å². The van der Waals surface area contributed by atoms with E-state index in [1.54, 1.807) is 0 Å². The number of benzene rings is 3. The van der Waals surface area contributed by atoms with Crippen LogP contribution >= 0.6 is 0 Å². The van der Waals surface area contributed by atoms with Crippen LogP contribution in [-0.4, -0.2) is 0 Å². The van der Waals surface area contributed by atoms with Crippen LogP contribution < -0.4 is 0 Å². The van der Waals surface area contributed by atoms with Gasteiger partial charge in [-0.15, -0.1) is 0 Å². The minimum Gasteiger partial charge on any atom is -0.0836 e. The first-order chi connectivity index (χ1) is 12.3. The summed E-state index contributed by atoms with van der Waals surface area (Å²) in [7, 11) is 0. The van der Waals surface area contributed by atoms with Crippen molar-refractivity contribution in [2.24, 2.45) is 5.92 Å². The van der Waals surface area contributed by atoms with E-state index in [-0.39, 0.29) is 0 Å². The molecule has 0 heterocycles. The van der Waals surface area contributed by atoms with Crippen molar-refractivity contribution in [2.75, 3.05) is 0 Å². The minimum absolute atomic E-state index is 0.614. The summed E-state index contributed by atoms with van der Waals surface area (Å²) in [5.41, 5.74) is 5.56. The Morgan fingerprint density at radius 1 is 0.720 bits per heavy atom. The molecule has 1 atom stereocenters. The van der Waals surface area contributed by atoms with Gasteiger partial charge in [-0.05, 0) is 54.4 Å². The molecule has 25 heavy (non-hydrogen) atoms. The Kier molecular flexibility index (Phi) is 6.23. The van der Waals surface area contributed by atoms with Crippen LogP contribution in [0.3, 0.4) is 0 Å². The van der Waals surface area contributed by atoms with Crippen molar-refractivity contribution in [3.63, 3.8) is 0 Å². The van der Waals surface area contributed by atoms with Crippen LogP contribution in [0, 0.1) is 12.8 Å². The minimum atomic E-state index is 0.614. The van der Waals surface area contributed by atoms with Crippen LogP contribution in [-0.2, 0) is 12.8 Å². The summed E-state index contributed by atoms with van der Waals surface area (Å²) in [5.74, 6) is 0.614. The molecule has 0 bridgehead atoms. The summed E-state index contributed by atoms with van der Waals surface area (Å²) in [6, 6.07) is 30.2. The molecule has 0 amide bonds. The molecule has 0 fully saturated rings. The lowest BCUT2D eigenvalue weighted by molar-refractivity contribution is 0.528. The zero-order chi connectivity index (χ0) is 17.3. The zero-order valence-corrected chi connectivity index (χ0v) is 14.9. The molecular formula is C25H26. The Labute approximate surface area is 151 Å². The Hall–Kier alpha value is -2.60. The highest BCUT2D eigenvalue weighted by molar-refractivity contribution is 5.48. The van der Waals surface area contributed by atoms with Gasteiger partial charge in [0.05, 0.1) is 0 Å². The van der Waals surface area contributed by atoms with Crippen molar-refractivity contribution in [2.45, 2.75) is 26.2 Å². The van der Waals surface area contributed by atoms with E-state index in [2.05, 4.69) is 104 Å². The van der Waals surface area contributed by atoms with Crippen LogP contribution in [0.4, 0.5) is 0 Å². The number of hydrogen-bond donors (Lipinski definition) is 0. The summed E-state index contributed by atoms with van der Waals surface area (Å²) in [4.78, 5) is 0. The molecule has 0 aliphatic carbocycles. The fourth-order valence-electron chi connectivity index (χ4n) is 3.30. The highest BCUT2D eigenvalue weighted by Gasteiger charge is 2.11. The van der Waals surface area contributed by atoms with Crippen molar-refractivity contribution in [3.05, 3.63) is 113 Å². The first-order valence-electron chi connectivity index (χ1n) is 9.11. The average molecular weight is 326 g/mol. The van der Waals surface area contributed by atoms with E-state index in [0.29, 0.717) is 5.92 Å². The number of aryl methyl sites for hydroxylation is 1. The fraction of sp³-hybridized carbons (Fsp3) is 0.200. The van der Waals surface area contributed by atoms with Gasteiger partial charge >= 0.3 is 0 Å². The van der Waals surface area contributed by atoms with Crippen molar-refractivity contribution in [1.82, 2.24) is 0 Å². The van der Waals surface area contributed by atoms with Crippen LogP contribution in [0.1, 0.15) is 28.7 Å². The van der Waals surface area contributed by atoms with Crippen molar-refractivity contribution in [1.29, 1.82) is 0 Å². The molecule has 0 N–H and O–H groups in total. The molecule has 1 unspecified atom stereocenters. The Morgan fingerprint density at radius 2 is 1.36 bits per heavy atom. The van der Waals surface area contributed by atoms with E-state index in [9.17, 15) is 0 Å². The molecule has 0 nitrogen and oxygen atoms in total. The topological polar surface area (TPSA) is 0 Å². The summed E-state index contributed by atoms with van der Waals surface area (Å²) >= 11 is 0. The van der Waals surface area contributed by atoms with Gasteiger partial charge in [-0.3, -0.25) is 0 Å². The second kappa shape index (κ2) is 9.03. The summed E-state index contributed by atoms with van der Waals surface area (Å²) in [6.07, 6.45) is 7.92. The third-order valence-electron chi connectivity index (χ3n) is 4.72. The zero-order valence-electron chi connectivity index (χ0n) is 14.9. The van der Waals surface area contributed by atoms with E-state index in [1.165, 1.54) is 22.3 Å². The first kappa shape index (κ1) is 17.2. The predicted molar refractivity (Wildman–Crippen MR) is 109 cm³/mol. The SMILES string of the molecule is Cc1ccccc1CC(CC=Cc1ccccc1)Cc1ccccc1. The molecule has 0 saturated heterocycles. The van der Waals surface area contributed by atoms with Crippen molar-refractivity contribution in [3.8, 4) is 0 Å². The Balaban J connectivity index is 1.72. The van der Waals surface area contributed by atoms with Crippen LogP contribution in [0.2, 0.25) is 0 Å². The largest absolute Gasteiger partial charge is 0.0836 e. The second-order valence-corrected chi connectivity index (χ2v) is 6.74. The maximum Gasteiger partial charge on any atom is -0.0242 e. The molecule has 126 valence electrons. The number of hydrogen-bond acceptors (Lipinski definition) is 0. The smallest absolute Gasteiger partial charge is 0.0242 e. The van der Waals surface area contributed by atoms with Crippen LogP contribution in [0.15, 0.2) is 91.0 Å². The van der Waals surface area contributed by atoms with Crippen molar-refractivity contribution >= 4 is 6.08 Å². The van der Waals surface area contributed by atoms with Crippen molar-refractivity contribution < 1.29 is 0 Å². The van der Waals surface area contributed by atoms with Gasteiger partial charge in [0.15, 0.2) is 0 Å². The van der Waals surface area contributed by atoms with E-state index in [0.717, 1.165) is 19.3 Å². The standard InChI is InChI=1S/C25H26/c1-21-11-8-9-18-25(21)20-24(19-23-14-6-3-7-15-23)17-10-16-22-12-4-2-5-13-22/h2-16,18,24H,17,19-20H2,1H3. The molecule has 0 heteroatoms. The van der Waals surface area contributed by atoms with Gasteiger partial charge in [-0.25, -0.2) is 0 Å². The quantitative estimate of drug-likeness (QED) is 0.465. The molecule has 3 rings (SSSR count). The molecule has 3 aromatic carbocycles. The van der Waals surface area contributed by atoms with Gasteiger partial charge in [0.1, 0.15) is 0 Å². The van der Waals surface area contributed by atoms with Gasteiger partial charge < -0.3 is 0 Å².